The molecule has 0 saturated carbocycles. The minimum Gasteiger partial charge on any atom is -0.255 e. The average molecular weight is 105 g/mol. The van der Waals surface area contributed by atoms with E-state index in [9.17, 15) is 4.48 Å². The zero-order valence-electron chi connectivity index (χ0n) is 2.89. The first-order valence-electron chi connectivity index (χ1n) is 1.41. The van der Waals surface area contributed by atoms with Gasteiger partial charge in [0.1, 0.15) is 12.2 Å². The molecule has 0 amide bonds. The lowest BCUT2D eigenvalue weighted by Gasteiger charge is -1.90. The van der Waals surface area contributed by atoms with Gasteiger partial charge in [0.05, 0.1) is 0 Å². The molecule has 0 aliphatic carbocycles. The Bertz CT molecular complexity index is 65.9. The summed E-state index contributed by atoms with van der Waals surface area (Å²) in [5, 5.41) is 0. The van der Waals surface area contributed by atoms with E-state index in [4.69, 9.17) is 0 Å². The first kappa shape index (κ1) is 4.08. The molecule has 1 aliphatic heterocycles. The van der Waals surface area contributed by atoms with Crippen molar-refractivity contribution in [2.45, 2.75) is 0 Å². The van der Waals surface area contributed by atoms with Gasteiger partial charge in [0.2, 0.25) is 0 Å². The molecule has 1 rings (SSSR count). The highest BCUT2D eigenvalue weighted by Gasteiger charge is 2.04. The minimum atomic E-state index is 0.130. The summed E-state index contributed by atoms with van der Waals surface area (Å²) >= 11 is 0.847. The molecule has 0 N–H and O–H groups in total. The van der Waals surface area contributed by atoms with E-state index < -0.39 is 0 Å². The maximum atomic E-state index is 11.6. The lowest BCUT2D eigenvalue weighted by Crippen LogP contribution is -1.94. The summed E-state index contributed by atoms with van der Waals surface area (Å²) in [6.45, 7) is 0.130. The Morgan fingerprint density at radius 3 is 3.00 bits per heavy atom. The van der Waals surface area contributed by atoms with E-state index in [1.807, 2.05) is 0 Å². The van der Waals surface area contributed by atoms with E-state index in [2.05, 4.69) is 10.5 Å². The van der Waals surface area contributed by atoms with Crippen LogP contribution in [0.25, 0.3) is 0 Å². The summed E-state index contributed by atoms with van der Waals surface area (Å²) in [5.74, 6) is 0. The minimum absolute atomic E-state index is 0.130. The molecule has 0 fully saturated rings. The van der Waals surface area contributed by atoms with Crippen LogP contribution in [0, 0.1) is 0 Å². The van der Waals surface area contributed by atoms with Crippen LogP contribution in [-0.2, 0) is 0 Å². The normalized spacial score (nSPS) is 22.8. The maximum absolute atomic E-state index is 11.6. The molecule has 0 atom stereocenters. The number of hydrogen-bond acceptors (Lipinski definition) is 3. The highest BCUT2D eigenvalue weighted by Crippen LogP contribution is 2.11. The van der Waals surface area contributed by atoms with E-state index in [-0.39, 0.29) is 6.67 Å². The standard InChI is InChI=1S/C2H2FN2S/c3-5-1-4-2-6-5/h1H2. The SMILES string of the molecule is FN1CN=[C]S1. The molecule has 6 heavy (non-hydrogen) atoms. The van der Waals surface area contributed by atoms with Gasteiger partial charge in [-0.25, -0.2) is 0 Å². The molecule has 33 valence electrons. The molecular weight excluding hydrogens is 103 g/mol. The second-order valence-corrected chi connectivity index (χ2v) is 1.56. The largest absolute Gasteiger partial charge is 0.255 e. The molecule has 4 heteroatoms. The van der Waals surface area contributed by atoms with E-state index in [0.29, 0.717) is 4.53 Å². The van der Waals surface area contributed by atoms with Gasteiger partial charge in [0.25, 0.3) is 0 Å². The van der Waals surface area contributed by atoms with Crippen molar-refractivity contribution in [2.24, 2.45) is 4.99 Å². The Hall–Kier alpha value is -0.0900. The van der Waals surface area contributed by atoms with E-state index in [1.54, 1.807) is 0 Å². The molecule has 0 aromatic carbocycles. The Balaban J connectivity index is 2.32. The van der Waals surface area contributed by atoms with Crippen LogP contribution in [0.15, 0.2) is 4.99 Å². The van der Waals surface area contributed by atoms with Gasteiger partial charge >= 0.3 is 0 Å². The smallest absolute Gasteiger partial charge is 0.143 e. The summed E-state index contributed by atoms with van der Waals surface area (Å²) < 4.78 is 12.1. The lowest BCUT2D eigenvalue weighted by molar-refractivity contribution is 0.171. The Morgan fingerprint density at radius 2 is 2.83 bits per heavy atom. The van der Waals surface area contributed by atoms with Crippen LogP contribution in [-0.4, -0.2) is 16.7 Å². The lowest BCUT2D eigenvalue weighted by atomic mass is 11.2. The third-order valence-electron chi connectivity index (χ3n) is 0.386. The van der Waals surface area contributed by atoms with E-state index >= 15 is 0 Å². The highest BCUT2D eigenvalue weighted by molar-refractivity contribution is 8.10. The van der Waals surface area contributed by atoms with Crippen molar-refractivity contribution < 1.29 is 4.48 Å². The molecule has 1 aliphatic rings. The monoisotopic (exact) mass is 105 g/mol. The van der Waals surface area contributed by atoms with Crippen molar-refractivity contribution in [3.05, 3.63) is 0 Å². The number of nitrogens with zero attached hydrogens (tertiary/aromatic N) is 2. The second-order valence-electron chi connectivity index (χ2n) is 0.800. The Labute approximate surface area is 39.1 Å². The van der Waals surface area contributed by atoms with Gasteiger partial charge in [0, 0.05) is 11.9 Å². The molecule has 0 saturated heterocycles. The van der Waals surface area contributed by atoms with Crippen molar-refractivity contribution >= 4 is 17.5 Å². The second kappa shape index (κ2) is 1.57. The van der Waals surface area contributed by atoms with Gasteiger partial charge in [-0.15, -0.1) is 4.48 Å². The van der Waals surface area contributed by atoms with Gasteiger partial charge in [-0.05, 0) is 0 Å². The number of halogens is 1. The number of hydrogen-bond donors (Lipinski definition) is 0. The number of rotatable bonds is 0. The Morgan fingerprint density at radius 1 is 2.00 bits per heavy atom. The van der Waals surface area contributed by atoms with Crippen LogP contribution in [0.5, 0.6) is 0 Å². The fourth-order valence-electron chi connectivity index (χ4n) is 0.186. The zero-order chi connectivity index (χ0) is 4.41. The average Bonchev–Trinajstić information content (AvgIpc) is 1.86. The van der Waals surface area contributed by atoms with Crippen molar-refractivity contribution in [2.75, 3.05) is 6.67 Å². The van der Waals surface area contributed by atoms with Gasteiger partial charge in [-0.2, -0.15) is 0 Å². The predicted octanol–water partition coefficient (Wildman–Crippen LogP) is 0.698. The molecule has 0 aromatic rings. The molecule has 0 spiro atoms. The third kappa shape index (κ3) is 0.693. The molecule has 0 bridgehead atoms. The predicted molar refractivity (Wildman–Crippen MR) is 22.8 cm³/mol. The quantitative estimate of drug-likeness (QED) is 0.333. The van der Waals surface area contributed by atoms with Crippen molar-refractivity contribution in [3.63, 3.8) is 0 Å². The topological polar surface area (TPSA) is 15.6 Å². The van der Waals surface area contributed by atoms with Crippen LogP contribution < -0.4 is 0 Å². The maximum Gasteiger partial charge on any atom is 0.143 e. The molecule has 0 aromatic heterocycles. The summed E-state index contributed by atoms with van der Waals surface area (Å²) in [5.41, 5.74) is 2.36. The number of aliphatic imine (C=N–C) groups is 1. The van der Waals surface area contributed by atoms with Crippen molar-refractivity contribution in [3.8, 4) is 0 Å². The summed E-state index contributed by atoms with van der Waals surface area (Å²) in [7, 11) is 0. The first-order chi connectivity index (χ1) is 2.89. The van der Waals surface area contributed by atoms with Crippen molar-refractivity contribution in [1.29, 1.82) is 0 Å². The summed E-state index contributed by atoms with van der Waals surface area (Å²) in [4.78, 5) is 3.43. The summed E-state index contributed by atoms with van der Waals surface area (Å²) in [6, 6.07) is 0. The van der Waals surface area contributed by atoms with Crippen LogP contribution in [0.3, 0.4) is 0 Å². The fraction of sp³-hybridized carbons (Fsp3) is 0.500. The van der Waals surface area contributed by atoms with Crippen LogP contribution in [0.2, 0.25) is 0 Å². The van der Waals surface area contributed by atoms with Gasteiger partial charge in [0.15, 0.2) is 0 Å². The van der Waals surface area contributed by atoms with E-state index in [1.165, 1.54) is 0 Å². The zero-order valence-corrected chi connectivity index (χ0v) is 3.70. The van der Waals surface area contributed by atoms with Gasteiger partial charge < -0.3 is 0 Å². The van der Waals surface area contributed by atoms with E-state index in [0.717, 1.165) is 11.9 Å². The van der Waals surface area contributed by atoms with Crippen LogP contribution >= 0.6 is 11.9 Å². The molecule has 1 radical (unpaired) electrons. The molecular formula is C2H2FN2S. The van der Waals surface area contributed by atoms with Gasteiger partial charge in [-0.3, -0.25) is 4.99 Å². The fourth-order valence-corrected chi connectivity index (χ4v) is 0.506. The Kier molecular flexibility index (Phi) is 1.07. The van der Waals surface area contributed by atoms with Crippen LogP contribution in [0.4, 0.5) is 4.48 Å². The first-order valence-corrected chi connectivity index (χ1v) is 2.19. The molecule has 2 nitrogen and oxygen atoms in total. The molecule has 0 unspecified atom stereocenters. The molecule has 1 heterocycles. The van der Waals surface area contributed by atoms with Crippen molar-refractivity contribution in [1.82, 2.24) is 4.53 Å². The summed E-state index contributed by atoms with van der Waals surface area (Å²) in [6.07, 6.45) is 0. The van der Waals surface area contributed by atoms with Crippen LogP contribution in [0.1, 0.15) is 0 Å². The van der Waals surface area contributed by atoms with Gasteiger partial charge in [-0.1, -0.05) is 4.53 Å². The highest BCUT2D eigenvalue weighted by atomic mass is 32.2. The third-order valence-corrected chi connectivity index (χ3v) is 0.911.